The normalized spacial score (nSPS) is 40.6. The molecule has 1 amide bonds. The van der Waals surface area contributed by atoms with Crippen molar-refractivity contribution in [1.82, 2.24) is 5.32 Å². The molecule has 2 nitrogen and oxygen atoms in total. The molecular formula is C11H21NO. The lowest BCUT2D eigenvalue weighted by molar-refractivity contribution is -0.130. The summed E-state index contributed by atoms with van der Waals surface area (Å²) in [5.74, 6) is 1.34. The Bertz CT molecular complexity index is 212. The van der Waals surface area contributed by atoms with Gasteiger partial charge in [0.1, 0.15) is 0 Å². The summed E-state index contributed by atoms with van der Waals surface area (Å²) >= 11 is 0. The molecule has 1 N–H and O–H groups in total. The fourth-order valence-corrected chi connectivity index (χ4v) is 2.24. The predicted molar refractivity (Wildman–Crippen MR) is 54.3 cm³/mol. The highest BCUT2D eigenvalue weighted by Crippen LogP contribution is 2.42. The number of hydrogen-bond donors (Lipinski definition) is 1. The van der Waals surface area contributed by atoms with Gasteiger partial charge in [0, 0.05) is 12.5 Å². The van der Waals surface area contributed by atoms with Crippen LogP contribution >= 0.6 is 0 Å². The second-order valence-electron chi connectivity index (χ2n) is 4.98. The van der Waals surface area contributed by atoms with Gasteiger partial charge in [0.05, 0.1) is 0 Å². The van der Waals surface area contributed by atoms with Gasteiger partial charge in [-0.25, -0.2) is 0 Å². The van der Waals surface area contributed by atoms with Gasteiger partial charge in [-0.15, -0.1) is 0 Å². The Kier molecular flexibility index (Phi) is 2.69. The molecule has 2 unspecified atom stereocenters. The highest BCUT2D eigenvalue weighted by molar-refractivity contribution is 5.78. The van der Waals surface area contributed by atoms with E-state index in [-0.39, 0.29) is 11.3 Å². The molecule has 1 heterocycles. The first-order valence-electron chi connectivity index (χ1n) is 5.17. The zero-order chi connectivity index (χ0) is 10.2. The first-order chi connectivity index (χ1) is 5.88. The zero-order valence-corrected chi connectivity index (χ0v) is 9.35. The largest absolute Gasteiger partial charge is 0.353 e. The molecule has 1 aliphatic rings. The van der Waals surface area contributed by atoms with Gasteiger partial charge in [0.15, 0.2) is 0 Å². The summed E-state index contributed by atoms with van der Waals surface area (Å²) in [5, 5.41) is 3.00. The van der Waals surface area contributed by atoms with Crippen molar-refractivity contribution in [3.05, 3.63) is 0 Å². The van der Waals surface area contributed by atoms with Crippen LogP contribution in [0.1, 0.15) is 41.0 Å². The Balaban J connectivity index is 2.88. The maximum Gasteiger partial charge on any atom is 0.220 e. The van der Waals surface area contributed by atoms with Crippen LogP contribution in [0, 0.1) is 17.3 Å². The summed E-state index contributed by atoms with van der Waals surface area (Å²) in [4.78, 5) is 11.4. The van der Waals surface area contributed by atoms with Crippen molar-refractivity contribution in [3.8, 4) is 0 Å². The van der Waals surface area contributed by atoms with Crippen molar-refractivity contribution < 1.29 is 4.79 Å². The smallest absolute Gasteiger partial charge is 0.220 e. The number of nitrogens with one attached hydrogen (secondary N) is 1. The van der Waals surface area contributed by atoms with Crippen LogP contribution in [0.4, 0.5) is 0 Å². The van der Waals surface area contributed by atoms with E-state index >= 15 is 0 Å². The van der Waals surface area contributed by atoms with E-state index < -0.39 is 0 Å². The van der Waals surface area contributed by atoms with Crippen molar-refractivity contribution in [1.29, 1.82) is 0 Å². The van der Waals surface area contributed by atoms with E-state index in [9.17, 15) is 4.79 Å². The van der Waals surface area contributed by atoms with Gasteiger partial charge in [-0.2, -0.15) is 0 Å². The van der Waals surface area contributed by atoms with E-state index in [1.807, 2.05) is 0 Å². The predicted octanol–water partition coefficient (Wildman–Crippen LogP) is 2.19. The molecule has 0 aromatic rings. The molecule has 0 radical (unpaired) electrons. The molecule has 0 saturated carbocycles. The molecule has 76 valence electrons. The van der Waals surface area contributed by atoms with E-state index in [0.29, 0.717) is 24.3 Å². The molecule has 1 saturated heterocycles. The minimum atomic E-state index is 0.168. The molecule has 0 spiro atoms. The second kappa shape index (κ2) is 3.32. The lowest BCUT2D eigenvalue weighted by Gasteiger charge is -2.46. The topological polar surface area (TPSA) is 29.1 Å². The molecule has 0 bridgehead atoms. The summed E-state index contributed by atoms with van der Waals surface area (Å²) in [5.41, 5.74) is 0.168. The van der Waals surface area contributed by atoms with E-state index in [4.69, 9.17) is 0 Å². The molecule has 1 rings (SSSR count). The fraction of sp³-hybridized carbons (Fsp3) is 0.909. The van der Waals surface area contributed by atoms with Gasteiger partial charge in [-0.3, -0.25) is 4.79 Å². The quantitative estimate of drug-likeness (QED) is 0.663. The zero-order valence-electron chi connectivity index (χ0n) is 9.35. The number of amides is 1. The fourth-order valence-electron chi connectivity index (χ4n) is 2.24. The van der Waals surface area contributed by atoms with Crippen LogP contribution in [0.2, 0.25) is 0 Å². The van der Waals surface area contributed by atoms with Crippen LogP contribution in [0.5, 0.6) is 0 Å². The minimum Gasteiger partial charge on any atom is -0.353 e. The van der Waals surface area contributed by atoms with Crippen LogP contribution < -0.4 is 5.32 Å². The lowest BCUT2D eigenvalue weighted by Crippen LogP contribution is -2.53. The molecule has 0 aromatic carbocycles. The maximum atomic E-state index is 11.4. The average Bonchev–Trinajstić information content (AvgIpc) is 1.99. The van der Waals surface area contributed by atoms with Crippen LogP contribution in [0.25, 0.3) is 0 Å². The Morgan fingerprint density at radius 1 is 1.46 bits per heavy atom. The van der Waals surface area contributed by atoms with E-state index in [1.54, 1.807) is 0 Å². The van der Waals surface area contributed by atoms with Crippen LogP contribution in [0.15, 0.2) is 0 Å². The molecule has 1 fully saturated rings. The van der Waals surface area contributed by atoms with Crippen LogP contribution in [-0.4, -0.2) is 11.9 Å². The highest BCUT2D eigenvalue weighted by atomic mass is 16.1. The number of piperidine rings is 1. The molecule has 1 aliphatic heterocycles. The first kappa shape index (κ1) is 10.6. The third-order valence-corrected chi connectivity index (χ3v) is 4.04. The third-order valence-electron chi connectivity index (χ3n) is 4.04. The summed E-state index contributed by atoms with van der Waals surface area (Å²) in [6.07, 6.45) is 0.677. The average molecular weight is 183 g/mol. The van der Waals surface area contributed by atoms with E-state index in [1.165, 1.54) is 0 Å². The van der Waals surface area contributed by atoms with Gasteiger partial charge in [-0.05, 0) is 24.2 Å². The first-order valence-corrected chi connectivity index (χ1v) is 5.17. The Morgan fingerprint density at radius 2 is 2.00 bits per heavy atom. The molecule has 0 aliphatic carbocycles. The van der Waals surface area contributed by atoms with Gasteiger partial charge < -0.3 is 5.32 Å². The number of carbonyl (C=O) groups excluding carboxylic acids is 1. The van der Waals surface area contributed by atoms with Crippen LogP contribution in [-0.2, 0) is 4.79 Å². The third kappa shape index (κ3) is 1.72. The number of carbonyl (C=O) groups is 1. The second-order valence-corrected chi connectivity index (χ2v) is 4.98. The van der Waals surface area contributed by atoms with Gasteiger partial charge in [0.25, 0.3) is 0 Å². The van der Waals surface area contributed by atoms with Gasteiger partial charge in [-0.1, -0.05) is 27.7 Å². The van der Waals surface area contributed by atoms with Crippen molar-refractivity contribution >= 4 is 5.91 Å². The van der Waals surface area contributed by atoms with Crippen molar-refractivity contribution in [2.75, 3.05) is 0 Å². The Morgan fingerprint density at radius 3 is 2.46 bits per heavy atom. The van der Waals surface area contributed by atoms with E-state index in [0.717, 1.165) is 0 Å². The monoisotopic (exact) mass is 183 g/mol. The number of rotatable bonds is 1. The highest BCUT2D eigenvalue weighted by Gasteiger charge is 2.42. The minimum absolute atomic E-state index is 0.168. The Labute approximate surface area is 81.1 Å². The molecule has 0 aromatic heterocycles. The van der Waals surface area contributed by atoms with Crippen LogP contribution in [0.3, 0.4) is 0 Å². The maximum absolute atomic E-state index is 11.4. The SMILES string of the molecule is CC1NC(=O)C[C@@](C)(C(C)C)C1C. The molecule has 2 heteroatoms. The standard InChI is InChI=1S/C11H21NO/c1-7(2)11(5)6-10(13)12-9(4)8(11)3/h7-9H,6H2,1-5H3,(H,12,13)/t8?,9?,11-/m0/s1. The summed E-state index contributed by atoms with van der Waals surface area (Å²) in [6, 6.07) is 0.314. The molecular weight excluding hydrogens is 162 g/mol. The number of hydrogen-bond acceptors (Lipinski definition) is 1. The van der Waals surface area contributed by atoms with Crippen molar-refractivity contribution in [3.63, 3.8) is 0 Å². The summed E-state index contributed by atoms with van der Waals surface area (Å²) in [7, 11) is 0. The van der Waals surface area contributed by atoms with Gasteiger partial charge >= 0.3 is 0 Å². The molecule has 3 atom stereocenters. The van der Waals surface area contributed by atoms with Crippen molar-refractivity contribution in [2.24, 2.45) is 17.3 Å². The summed E-state index contributed by atoms with van der Waals surface area (Å²) < 4.78 is 0. The van der Waals surface area contributed by atoms with E-state index in [2.05, 4.69) is 39.9 Å². The molecule has 13 heavy (non-hydrogen) atoms. The summed E-state index contributed by atoms with van der Waals surface area (Å²) in [6.45, 7) is 11.0. The van der Waals surface area contributed by atoms with Gasteiger partial charge in [0.2, 0.25) is 5.91 Å². The Hall–Kier alpha value is -0.530. The lowest BCUT2D eigenvalue weighted by atomic mass is 9.63. The van der Waals surface area contributed by atoms with Crippen molar-refractivity contribution in [2.45, 2.75) is 47.1 Å².